The van der Waals surface area contributed by atoms with Crippen molar-refractivity contribution in [1.29, 1.82) is 0 Å². The van der Waals surface area contributed by atoms with Crippen LogP contribution in [0.15, 0.2) is 54.7 Å². The normalized spacial score (nSPS) is 10.6. The van der Waals surface area contributed by atoms with Gasteiger partial charge in [0.2, 0.25) is 0 Å². The summed E-state index contributed by atoms with van der Waals surface area (Å²) in [6, 6.07) is 10.1. The number of anilines is 1. The molecular formula is C16H13F2NO2. The van der Waals surface area contributed by atoms with Crippen LogP contribution in [0, 0.1) is 11.6 Å². The van der Waals surface area contributed by atoms with Crippen molar-refractivity contribution >= 4 is 11.5 Å². The molecule has 108 valence electrons. The summed E-state index contributed by atoms with van der Waals surface area (Å²) < 4.78 is 30.8. The molecule has 1 N–H and O–H groups in total. The number of nitrogens with one attached hydrogen (secondary N) is 1. The molecule has 0 amide bonds. The highest BCUT2D eigenvalue weighted by atomic mass is 19.2. The Morgan fingerprint density at radius 3 is 2.67 bits per heavy atom. The SMILES string of the molecule is COc1cccc(C(=O)/C=C/Nc2ccc(F)c(F)c2)c1. The first kappa shape index (κ1) is 14.7. The molecule has 2 rings (SSSR count). The maximum Gasteiger partial charge on any atom is 0.187 e. The van der Waals surface area contributed by atoms with Gasteiger partial charge in [0, 0.05) is 29.6 Å². The smallest absolute Gasteiger partial charge is 0.187 e. The molecule has 0 aliphatic carbocycles. The van der Waals surface area contributed by atoms with Gasteiger partial charge in [-0.2, -0.15) is 0 Å². The molecule has 0 aliphatic rings. The summed E-state index contributed by atoms with van der Waals surface area (Å²) in [6.45, 7) is 0. The second-order valence-corrected chi connectivity index (χ2v) is 4.20. The van der Waals surface area contributed by atoms with Crippen molar-refractivity contribution in [2.24, 2.45) is 0 Å². The van der Waals surface area contributed by atoms with E-state index in [4.69, 9.17) is 4.74 Å². The first-order chi connectivity index (χ1) is 10.1. The number of benzene rings is 2. The maximum atomic E-state index is 13.0. The average Bonchev–Trinajstić information content (AvgIpc) is 2.50. The van der Waals surface area contributed by atoms with Crippen LogP contribution in [0.2, 0.25) is 0 Å². The molecule has 0 atom stereocenters. The van der Waals surface area contributed by atoms with Crippen LogP contribution >= 0.6 is 0 Å². The van der Waals surface area contributed by atoms with Gasteiger partial charge in [-0.05, 0) is 24.3 Å². The molecule has 5 heteroatoms. The molecule has 2 aromatic rings. The fourth-order valence-electron chi connectivity index (χ4n) is 1.67. The number of hydrogen-bond donors (Lipinski definition) is 1. The lowest BCUT2D eigenvalue weighted by Gasteiger charge is -2.02. The molecule has 0 saturated heterocycles. The van der Waals surface area contributed by atoms with E-state index in [1.54, 1.807) is 24.3 Å². The molecule has 21 heavy (non-hydrogen) atoms. The third-order valence-electron chi connectivity index (χ3n) is 2.76. The summed E-state index contributed by atoms with van der Waals surface area (Å²) in [4.78, 5) is 11.9. The van der Waals surface area contributed by atoms with Crippen molar-refractivity contribution < 1.29 is 18.3 Å². The van der Waals surface area contributed by atoms with Gasteiger partial charge in [-0.1, -0.05) is 12.1 Å². The summed E-state index contributed by atoms with van der Waals surface area (Å²) in [5, 5.41) is 2.70. The van der Waals surface area contributed by atoms with E-state index in [2.05, 4.69) is 5.32 Å². The predicted octanol–water partition coefficient (Wildman–Crippen LogP) is 3.78. The third-order valence-corrected chi connectivity index (χ3v) is 2.76. The van der Waals surface area contributed by atoms with Gasteiger partial charge in [-0.15, -0.1) is 0 Å². The van der Waals surface area contributed by atoms with Crippen LogP contribution in [0.25, 0.3) is 0 Å². The Morgan fingerprint density at radius 1 is 1.14 bits per heavy atom. The van der Waals surface area contributed by atoms with Crippen LogP contribution in [0.4, 0.5) is 14.5 Å². The van der Waals surface area contributed by atoms with Crippen LogP contribution in [0.1, 0.15) is 10.4 Å². The van der Waals surface area contributed by atoms with Crippen LogP contribution in [-0.2, 0) is 0 Å². The van der Waals surface area contributed by atoms with Gasteiger partial charge in [-0.3, -0.25) is 4.79 Å². The van der Waals surface area contributed by atoms with Crippen LogP contribution < -0.4 is 10.1 Å². The van der Waals surface area contributed by atoms with E-state index < -0.39 is 11.6 Å². The lowest BCUT2D eigenvalue weighted by molar-refractivity contribution is 0.104. The summed E-state index contributed by atoms with van der Waals surface area (Å²) >= 11 is 0. The van der Waals surface area contributed by atoms with Crippen LogP contribution in [-0.4, -0.2) is 12.9 Å². The number of halogens is 2. The highest BCUT2D eigenvalue weighted by Crippen LogP contribution is 2.14. The van der Waals surface area contributed by atoms with E-state index in [-0.39, 0.29) is 5.78 Å². The number of methoxy groups -OCH3 is 1. The molecule has 0 aliphatic heterocycles. The van der Waals surface area contributed by atoms with Gasteiger partial charge in [-0.25, -0.2) is 8.78 Å². The molecule has 2 aromatic carbocycles. The van der Waals surface area contributed by atoms with E-state index in [1.165, 1.54) is 25.5 Å². The van der Waals surface area contributed by atoms with E-state index in [0.29, 0.717) is 17.0 Å². The van der Waals surface area contributed by atoms with Crippen molar-refractivity contribution in [3.63, 3.8) is 0 Å². The second-order valence-electron chi connectivity index (χ2n) is 4.20. The van der Waals surface area contributed by atoms with E-state index >= 15 is 0 Å². The van der Waals surface area contributed by atoms with Gasteiger partial charge in [0.25, 0.3) is 0 Å². The Hall–Kier alpha value is -2.69. The Kier molecular flexibility index (Phi) is 4.66. The topological polar surface area (TPSA) is 38.3 Å². The highest BCUT2D eigenvalue weighted by Gasteiger charge is 2.03. The number of rotatable bonds is 5. The number of allylic oxidation sites excluding steroid dienone is 1. The predicted molar refractivity (Wildman–Crippen MR) is 76.4 cm³/mol. The zero-order valence-electron chi connectivity index (χ0n) is 11.3. The highest BCUT2D eigenvalue weighted by molar-refractivity contribution is 6.04. The summed E-state index contributed by atoms with van der Waals surface area (Å²) in [7, 11) is 1.52. The molecule has 3 nitrogen and oxygen atoms in total. The molecule has 0 radical (unpaired) electrons. The summed E-state index contributed by atoms with van der Waals surface area (Å²) in [5.74, 6) is -1.52. The molecule has 0 unspecified atom stereocenters. The lowest BCUT2D eigenvalue weighted by atomic mass is 10.1. The van der Waals surface area contributed by atoms with Crippen LogP contribution in [0.3, 0.4) is 0 Å². The molecular weight excluding hydrogens is 276 g/mol. The number of ketones is 1. The molecule has 0 fully saturated rings. The Labute approximate surface area is 120 Å². The zero-order valence-corrected chi connectivity index (χ0v) is 11.3. The maximum absolute atomic E-state index is 13.0. The van der Waals surface area contributed by atoms with Gasteiger partial charge in [0.1, 0.15) is 5.75 Å². The van der Waals surface area contributed by atoms with E-state index in [0.717, 1.165) is 12.1 Å². The molecule has 0 heterocycles. The molecule has 0 spiro atoms. The van der Waals surface area contributed by atoms with Crippen molar-refractivity contribution in [3.8, 4) is 5.75 Å². The van der Waals surface area contributed by atoms with Gasteiger partial charge in [0.15, 0.2) is 17.4 Å². The number of carbonyl (C=O) groups is 1. The lowest BCUT2D eigenvalue weighted by Crippen LogP contribution is -1.97. The van der Waals surface area contributed by atoms with Crippen molar-refractivity contribution in [2.75, 3.05) is 12.4 Å². The monoisotopic (exact) mass is 289 g/mol. The summed E-state index contributed by atoms with van der Waals surface area (Å²) in [5.41, 5.74) is 0.821. The number of carbonyl (C=O) groups excluding carboxylic acids is 1. The minimum Gasteiger partial charge on any atom is -0.497 e. The Morgan fingerprint density at radius 2 is 1.95 bits per heavy atom. The standard InChI is InChI=1S/C16H13F2NO2/c1-21-13-4-2-3-11(9-13)16(20)7-8-19-12-5-6-14(17)15(18)10-12/h2-10,19H,1H3/b8-7+. The van der Waals surface area contributed by atoms with Crippen molar-refractivity contribution in [3.05, 3.63) is 71.9 Å². The van der Waals surface area contributed by atoms with Crippen molar-refractivity contribution in [2.45, 2.75) is 0 Å². The van der Waals surface area contributed by atoms with Gasteiger partial charge < -0.3 is 10.1 Å². The molecule has 0 saturated carbocycles. The summed E-state index contributed by atoms with van der Waals surface area (Å²) in [6.07, 6.45) is 2.67. The number of ether oxygens (including phenoxy) is 1. The minimum atomic E-state index is -0.951. The average molecular weight is 289 g/mol. The van der Waals surface area contributed by atoms with E-state index in [9.17, 15) is 13.6 Å². The van der Waals surface area contributed by atoms with E-state index in [1.807, 2.05) is 0 Å². The fraction of sp³-hybridized carbons (Fsp3) is 0.0625. The Bertz CT molecular complexity index is 684. The molecule has 0 bridgehead atoms. The quantitative estimate of drug-likeness (QED) is 0.672. The van der Waals surface area contributed by atoms with Gasteiger partial charge in [0.05, 0.1) is 7.11 Å². The van der Waals surface area contributed by atoms with Crippen molar-refractivity contribution in [1.82, 2.24) is 0 Å². The van der Waals surface area contributed by atoms with Gasteiger partial charge >= 0.3 is 0 Å². The first-order valence-electron chi connectivity index (χ1n) is 6.16. The minimum absolute atomic E-state index is 0.232. The second kappa shape index (κ2) is 6.65. The van der Waals surface area contributed by atoms with Crippen LogP contribution in [0.5, 0.6) is 5.75 Å². The Balaban J connectivity index is 2.03. The first-order valence-corrected chi connectivity index (χ1v) is 6.16. The third kappa shape index (κ3) is 3.89. The number of hydrogen-bond acceptors (Lipinski definition) is 3. The largest absolute Gasteiger partial charge is 0.497 e. The molecule has 0 aromatic heterocycles. The zero-order chi connectivity index (χ0) is 15.2. The fourth-order valence-corrected chi connectivity index (χ4v) is 1.67.